The summed E-state index contributed by atoms with van der Waals surface area (Å²) in [4.78, 5) is 27.3. The van der Waals surface area contributed by atoms with Crippen molar-refractivity contribution in [1.82, 2.24) is 15.6 Å². The second kappa shape index (κ2) is 9.33. The number of amides is 2. The summed E-state index contributed by atoms with van der Waals surface area (Å²) in [7, 11) is 0. The standard InChI is InChI=1S/C17H23N3O3S2/c21-15(23-9-10-24-14-6-3-4-8-18-14)7-2-1-5-13-16-12(11-25-13)19-17(22)20-16/h3-4,6,8,12-13,16H,1-2,5,7,9-11H2,(H2,19,20,22)/t12-,13+,16-/m1/s1. The molecule has 136 valence electrons. The topological polar surface area (TPSA) is 80.3 Å². The number of pyridine rings is 1. The first-order valence-electron chi connectivity index (χ1n) is 8.60. The molecular formula is C17H23N3O3S2. The van der Waals surface area contributed by atoms with Crippen molar-refractivity contribution < 1.29 is 14.3 Å². The molecule has 1 aromatic rings. The Hall–Kier alpha value is -1.41. The summed E-state index contributed by atoms with van der Waals surface area (Å²) in [5.41, 5.74) is 0. The van der Waals surface area contributed by atoms with Gasteiger partial charge in [0, 0.05) is 29.4 Å². The first-order valence-corrected chi connectivity index (χ1v) is 10.6. The number of ether oxygens (including phenoxy) is 1. The van der Waals surface area contributed by atoms with Crippen LogP contribution in [0.1, 0.15) is 25.7 Å². The lowest BCUT2D eigenvalue weighted by Gasteiger charge is -2.16. The number of carbonyl (C=O) groups excluding carboxylic acids is 2. The molecule has 3 atom stereocenters. The SMILES string of the molecule is O=C1N[C@H]2[C@H](CCCCC(=O)OCCSc3ccccn3)SC[C@H]2N1. The minimum Gasteiger partial charge on any atom is -0.465 e. The molecule has 0 aliphatic carbocycles. The van der Waals surface area contributed by atoms with E-state index < -0.39 is 0 Å². The van der Waals surface area contributed by atoms with E-state index in [4.69, 9.17) is 4.74 Å². The third kappa shape index (κ3) is 5.54. The molecule has 2 N–H and O–H groups in total. The Bertz CT molecular complexity index is 588. The molecular weight excluding hydrogens is 358 g/mol. The summed E-state index contributed by atoms with van der Waals surface area (Å²) in [5, 5.41) is 7.33. The Morgan fingerprint density at radius 1 is 1.36 bits per heavy atom. The van der Waals surface area contributed by atoms with Gasteiger partial charge < -0.3 is 15.4 Å². The Morgan fingerprint density at radius 2 is 2.28 bits per heavy atom. The van der Waals surface area contributed by atoms with Crippen LogP contribution in [0.5, 0.6) is 0 Å². The summed E-state index contributed by atoms with van der Waals surface area (Å²) < 4.78 is 5.26. The molecule has 2 aliphatic heterocycles. The largest absolute Gasteiger partial charge is 0.465 e. The van der Waals surface area contributed by atoms with E-state index >= 15 is 0 Å². The molecule has 0 radical (unpaired) electrons. The van der Waals surface area contributed by atoms with Gasteiger partial charge in [-0.15, -0.1) is 11.8 Å². The number of rotatable bonds is 9. The van der Waals surface area contributed by atoms with E-state index in [0.29, 0.717) is 18.3 Å². The van der Waals surface area contributed by atoms with Crippen molar-refractivity contribution in [2.24, 2.45) is 0 Å². The maximum Gasteiger partial charge on any atom is 0.315 e. The van der Waals surface area contributed by atoms with Crippen molar-refractivity contribution in [3.05, 3.63) is 24.4 Å². The fraction of sp³-hybridized carbons (Fsp3) is 0.588. The highest BCUT2D eigenvalue weighted by molar-refractivity contribution is 8.00. The molecule has 2 aliphatic rings. The number of fused-ring (bicyclic) bond motifs is 1. The zero-order chi connectivity index (χ0) is 17.5. The van der Waals surface area contributed by atoms with E-state index in [-0.39, 0.29) is 24.1 Å². The second-order valence-electron chi connectivity index (χ2n) is 6.10. The summed E-state index contributed by atoms with van der Waals surface area (Å²) in [6, 6.07) is 6.23. The van der Waals surface area contributed by atoms with Crippen LogP contribution in [0.4, 0.5) is 4.79 Å². The van der Waals surface area contributed by atoms with Crippen molar-refractivity contribution in [1.29, 1.82) is 0 Å². The number of unbranched alkanes of at least 4 members (excludes halogenated alkanes) is 1. The molecule has 1 aromatic heterocycles. The summed E-state index contributed by atoms with van der Waals surface area (Å²) in [5.74, 6) is 1.57. The van der Waals surface area contributed by atoms with Crippen molar-refractivity contribution in [2.45, 2.75) is 48.0 Å². The van der Waals surface area contributed by atoms with Gasteiger partial charge in [0.1, 0.15) is 6.61 Å². The second-order valence-corrected chi connectivity index (χ2v) is 8.49. The predicted octanol–water partition coefficient (Wildman–Crippen LogP) is 2.44. The summed E-state index contributed by atoms with van der Waals surface area (Å²) >= 11 is 3.49. The molecule has 6 nitrogen and oxygen atoms in total. The first-order chi connectivity index (χ1) is 12.2. The quantitative estimate of drug-likeness (QED) is 0.296. The van der Waals surface area contributed by atoms with Gasteiger partial charge >= 0.3 is 12.0 Å². The highest BCUT2D eigenvalue weighted by Gasteiger charge is 2.42. The molecule has 25 heavy (non-hydrogen) atoms. The average Bonchev–Trinajstić information content (AvgIpc) is 3.16. The van der Waals surface area contributed by atoms with E-state index in [1.807, 2.05) is 30.0 Å². The number of carbonyl (C=O) groups is 2. The number of nitrogens with one attached hydrogen (secondary N) is 2. The van der Waals surface area contributed by atoms with Crippen LogP contribution in [-0.4, -0.2) is 52.4 Å². The molecule has 8 heteroatoms. The van der Waals surface area contributed by atoms with E-state index in [9.17, 15) is 9.59 Å². The van der Waals surface area contributed by atoms with Crippen molar-refractivity contribution in [3.8, 4) is 0 Å². The number of nitrogens with zero attached hydrogens (tertiary/aromatic N) is 1. The van der Waals surface area contributed by atoms with Gasteiger partial charge in [-0.2, -0.15) is 11.8 Å². The van der Waals surface area contributed by atoms with E-state index in [1.165, 1.54) is 0 Å². The van der Waals surface area contributed by atoms with E-state index in [0.717, 1.165) is 35.8 Å². The number of hydrogen-bond donors (Lipinski definition) is 2. The van der Waals surface area contributed by atoms with Gasteiger partial charge in [0.15, 0.2) is 0 Å². The van der Waals surface area contributed by atoms with Crippen LogP contribution in [0.2, 0.25) is 0 Å². The number of aromatic nitrogens is 1. The predicted molar refractivity (Wildman–Crippen MR) is 99.9 cm³/mol. The van der Waals surface area contributed by atoms with Crippen LogP contribution in [0.3, 0.4) is 0 Å². The Balaban J connectivity index is 1.22. The zero-order valence-corrected chi connectivity index (χ0v) is 15.6. The minimum absolute atomic E-state index is 0.0487. The number of urea groups is 1. The number of esters is 1. The normalized spacial score (nSPS) is 24.5. The first kappa shape index (κ1) is 18.4. The van der Waals surface area contributed by atoms with Crippen molar-refractivity contribution >= 4 is 35.5 Å². The van der Waals surface area contributed by atoms with Gasteiger partial charge in [-0.05, 0) is 25.0 Å². The third-order valence-corrected chi connectivity index (χ3v) is 6.71. The van der Waals surface area contributed by atoms with Gasteiger partial charge in [0.25, 0.3) is 0 Å². The molecule has 0 saturated carbocycles. The van der Waals surface area contributed by atoms with Crippen LogP contribution < -0.4 is 10.6 Å². The van der Waals surface area contributed by atoms with E-state index in [2.05, 4.69) is 15.6 Å². The fourth-order valence-electron chi connectivity index (χ4n) is 3.06. The lowest BCUT2D eigenvalue weighted by atomic mass is 10.0. The zero-order valence-electron chi connectivity index (χ0n) is 14.0. The number of thioether (sulfide) groups is 2. The lowest BCUT2D eigenvalue weighted by Crippen LogP contribution is -2.36. The Morgan fingerprint density at radius 3 is 3.12 bits per heavy atom. The molecule has 2 saturated heterocycles. The molecule has 2 amide bonds. The Labute approximate surface area is 156 Å². The lowest BCUT2D eigenvalue weighted by molar-refractivity contribution is -0.143. The average molecular weight is 382 g/mol. The van der Waals surface area contributed by atoms with Crippen molar-refractivity contribution in [2.75, 3.05) is 18.1 Å². The van der Waals surface area contributed by atoms with Gasteiger partial charge in [0.05, 0.1) is 17.1 Å². The monoisotopic (exact) mass is 381 g/mol. The fourth-order valence-corrected chi connectivity index (χ4v) is 5.29. The molecule has 0 bridgehead atoms. The van der Waals surface area contributed by atoms with Crippen LogP contribution in [0.25, 0.3) is 0 Å². The molecule has 3 heterocycles. The molecule has 3 rings (SSSR count). The highest BCUT2D eigenvalue weighted by Crippen LogP contribution is 2.33. The molecule has 2 fully saturated rings. The Kier molecular flexibility index (Phi) is 6.86. The summed E-state index contributed by atoms with van der Waals surface area (Å²) in [6.45, 7) is 0.417. The van der Waals surface area contributed by atoms with Crippen molar-refractivity contribution in [3.63, 3.8) is 0 Å². The maximum atomic E-state index is 11.8. The van der Waals surface area contributed by atoms with Gasteiger partial charge in [0.2, 0.25) is 0 Å². The molecule has 0 aromatic carbocycles. The van der Waals surface area contributed by atoms with Crippen LogP contribution >= 0.6 is 23.5 Å². The molecule has 0 spiro atoms. The van der Waals surface area contributed by atoms with Crippen LogP contribution in [0, 0.1) is 0 Å². The van der Waals surface area contributed by atoms with Crippen LogP contribution in [0.15, 0.2) is 29.4 Å². The van der Waals surface area contributed by atoms with Gasteiger partial charge in [-0.1, -0.05) is 12.5 Å². The van der Waals surface area contributed by atoms with E-state index in [1.54, 1.807) is 18.0 Å². The van der Waals surface area contributed by atoms with Gasteiger partial charge in [-0.25, -0.2) is 9.78 Å². The third-order valence-electron chi connectivity index (χ3n) is 4.29. The van der Waals surface area contributed by atoms with Gasteiger partial charge in [-0.3, -0.25) is 4.79 Å². The number of hydrogen-bond acceptors (Lipinski definition) is 6. The van der Waals surface area contributed by atoms with Crippen LogP contribution in [-0.2, 0) is 9.53 Å². The molecule has 0 unspecified atom stereocenters. The summed E-state index contributed by atoms with van der Waals surface area (Å²) in [6.07, 6.45) is 5.06. The highest BCUT2D eigenvalue weighted by atomic mass is 32.2. The minimum atomic E-state index is -0.130. The maximum absolute atomic E-state index is 11.8. The smallest absolute Gasteiger partial charge is 0.315 e.